The fourth-order valence-corrected chi connectivity index (χ4v) is 4.12. The predicted octanol–water partition coefficient (Wildman–Crippen LogP) is 2.94. The fourth-order valence-electron chi connectivity index (χ4n) is 4.12. The van der Waals surface area contributed by atoms with Crippen LogP contribution in [0.5, 0.6) is 0 Å². The van der Waals surface area contributed by atoms with Crippen molar-refractivity contribution in [2.24, 2.45) is 0 Å². The number of aryl methyl sites for hydroxylation is 4. The van der Waals surface area contributed by atoms with Crippen LogP contribution in [0.1, 0.15) is 61.8 Å². The van der Waals surface area contributed by atoms with Crippen molar-refractivity contribution in [1.29, 1.82) is 0 Å². The molecule has 0 saturated heterocycles. The zero-order valence-electron chi connectivity index (χ0n) is 21.8. The molecule has 0 unspecified atom stereocenters. The SMILES string of the molecule is CCCCc1[cH-]c2ccccc2c1C.CCCCc1[cH-]c2ccccc2c1C.C[SiH]C.[Br-].[Br-].[Zr+4]. The number of unbranched alkanes of at least 4 members (excludes halogenated alkanes) is 2. The van der Waals surface area contributed by atoms with E-state index in [0.29, 0.717) is 0 Å². The first-order valence-corrected chi connectivity index (χ1v) is 14.4. The minimum atomic E-state index is 0. The maximum atomic E-state index is 2.35. The molecule has 0 fully saturated rings. The van der Waals surface area contributed by atoms with E-state index >= 15 is 0 Å². The van der Waals surface area contributed by atoms with Gasteiger partial charge in [0.2, 0.25) is 0 Å². The molecule has 4 aromatic rings. The topological polar surface area (TPSA) is 0 Å². The fraction of sp³-hybridized carbons (Fsp3) is 0.400. The van der Waals surface area contributed by atoms with Gasteiger partial charge in [-0.1, -0.05) is 78.6 Å². The van der Waals surface area contributed by atoms with Crippen molar-refractivity contribution in [3.05, 3.63) is 82.9 Å². The molecular formula is C30H41Br2SiZr. The summed E-state index contributed by atoms with van der Waals surface area (Å²) in [7, 11) is 0.750. The number of fused-ring (bicyclic) bond motifs is 2. The van der Waals surface area contributed by atoms with Crippen molar-refractivity contribution in [2.45, 2.75) is 79.3 Å². The van der Waals surface area contributed by atoms with Crippen molar-refractivity contribution in [3.63, 3.8) is 0 Å². The monoisotopic (exact) mass is 677 g/mol. The molecule has 4 aromatic carbocycles. The summed E-state index contributed by atoms with van der Waals surface area (Å²) in [5, 5.41) is 5.66. The van der Waals surface area contributed by atoms with Crippen LogP contribution in [-0.2, 0) is 39.0 Å². The van der Waals surface area contributed by atoms with Gasteiger partial charge in [-0.05, 0) is 12.8 Å². The largest absolute Gasteiger partial charge is 4.00 e. The summed E-state index contributed by atoms with van der Waals surface area (Å²) in [6.07, 6.45) is 7.63. The number of hydrogen-bond acceptors (Lipinski definition) is 0. The number of rotatable bonds is 6. The number of hydrogen-bond donors (Lipinski definition) is 0. The van der Waals surface area contributed by atoms with Gasteiger partial charge in [-0.2, -0.15) is 11.1 Å². The van der Waals surface area contributed by atoms with E-state index in [1.54, 1.807) is 0 Å². The van der Waals surface area contributed by atoms with Crippen LogP contribution in [-0.4, -0.2) is 9.52 Å². The van der Waals surface area contributed by atoms with Crippen molar-refractivity contribution < 1.29 is 60.2 Å². The van der Waals surface area contributed by atoms with Crippen molar-refractivity contribution >= 4 is 31.1 Å². The van der Waals surface area contributed by atoms with Crippen LogP contribution in [0.25, 0.3) is 21.5 Å². The van der Waals surface area contributed by atoms with Crippen molar-refractivity contribution in [1.82, 2.24) is 0 Å². The molecule has 1 radical (unpaired) electrons. The van der Waals surface area contributed by atoms with Crippen LogP contribution in [0, 0.1) is 13.8 Å². The Morgan fingerprint density at radius 1 is 0.647 bits per heavy atom. The summed E-state index contributed by atoms with van der Waals surface area (Å²) >= 11 is 0. The van der Waals surface area contributed by atoms with E-state index in [4.69, 9.17) is 0 Å². The molecule has 0 heterocycles. The van der Waals surface area contributed by atoms with E-state index < -0.39 is 0 Å². The van der Waals surface area contributed by atoms with E-state index in [-0.39, 0.29) is 60.2 Å². The molecule has 0 nitrogen and oxygen atoms in total. The van der Waals surface area contributed by atoms with E-state index in [0.717, 1.165) is 9.52 Å². The third-order valence-electron chi connectivity index (χ3n) is 5.95. The quantitative estimate of drug-likeness (QED) is 0.217. The molecule has 0 saturated carbocycles. The Morgan fingerprint density at radius 3 is 1.26 bits per heavy atom. The second-order valence-electron chi connectivity index (χ2n) is 8.55. The van der Waals surface area contributed by atoms with E-state index in [1.807, 2.05) is 0 Å². The summed E-state index contributed by atoms with van der Waals surface area (Å²) in [4.78, 5) is 0. The van der Waals surface area contributed by atoms with Gasteiger partial charge in [0.1, 0.15) is 0 Å². The molecule has 0 aliphatic carbocycles. The van der Waals surface area contributed by atoms with Gasteiger partial charge in [-0.15, -0.1) is 81.2 Å². The van der Waals surface area contributed by atoms with Crippen LogP contribution in [0.15, 0.2) is 60.7 Å². The summed E-state index contributed by atoms with van der Waals surface area (Å²) in [6.45, 7) is 13.4. The second-order valence-corrected chi connectivity index (χ2v) is 9.70. The van der Waals surface area contributed by atoms with E-state index in [2.05, 4.69) is 101 Å². The minimum Gasteiger partial charge on any atom is -1.00 e. The Morgan fingerprint density at radius 2 is 0.971 bits per heavy atom. The third kappa shape index (κ3) is 10.4. The molecule has 4 rings (SSSR count). The molecule has 0 aliphatic heterocycles. The maximum absolute atomic E-state index is 2.35. The van der Waals surface area contributed by atoms with Crippen LogP contribution >= 0.6 is 0 Å². The molecule has 0 aliphatic rings. The molecule has 0 bridgehead atoms. The van der Waals surface area contributed by atoms with Crippen LogP contribution in [0.4, 0.5) is 0 Å². The van der Waals surface area contributed by atoms with Gasteiger partial charge in [0, 0.05) is 9.52 Å². The Bertz CT molecular complexity index is 965. The van der Waals surface area contributed by atoms with Gasteiger partial charge < -0.3 is 34.0 Å². The first kappa shape index (κ1) is 35.9. The summed E-state index contributed by atoms with van der Waals surface area (Å²) in [6, 6.07) is 22.0. The standard InChI is InChI=1S/2C14H17.C2H7Si.2BrH.Zr/c2*1-3-4-7-12-10-13-8-5-6-9-14(13)11(12)2;1-3-2;;;/h2*5-6,8-10H,3-4,7H2,1-2H3;3H,1-2H3;2*1H;/q2*-1;;;;+4/p-2. The number of halogens is 2. The van der Waals surface area contributed by atoms with Gasteiger partial charge in [0.25, 0.3) is 0 Å². The molecule has 0 N–H and O–H groups in total. The minimum absolute atomic E-state index is 0. The van der Waals surface area contributed by atoms with E-state index in [9.17, 15) is 0 Å². The average molecular weight is 681 g/mol. The van der Waals surface area contributed by atoms with Gasteiger partial charge in [0.05, 0.1) is 0 Å². The molecule has 34 heavy (non-hydrogen) atoms. The normalized spacial score (nSPS) is 9.59. The van der Waals surface area contributed by atoms with Gasteiger partial charge in [0.15, 0.2) is 0 Å². The summed E-state index contributed by atoms with van der Waals surface area (Å²) in [5.41, 5.74) is 6.03. The number of benzene rings is 2. The Balaban J connectivity index is 0. The van der Waals surface area contributed by atoms with Gasteiger partial charge >= 0.3 is 26.2 Å². The molecule has 0 aromatic heterocycles. The molecule has 0 amide bonds. The third-order valence-corrected chi connectivity index (χ3v) is 5.95. The van der Waals surface area contributed by atoms with Gasteiger partial charge in [-0.25, -0.2) is 0 Å². The molecular weight excluding hydrogens is 639 g/mol. The predicted molar refractivity (Wildman–Crippen MR) is 145 cm³/mol. The smallest absolute Gasteiger partial charge is 1.00 e. The summed E-state index contributed by atoms with van der Waals surface area (Å²) in [5.74, 6) is 0. The van der Waals surface area contributed by atoms with Crippen molar-refractivity contribution in [3.8, 4) is 0 Å². The Hall–Kier alpha value is -0.280. The zero-order valence-corrected chi connectivity index (χ0v) is 28.6. The first-order valence-electron chi connectivity index (χ1n) is 12.1. The Kier molecular flexibility index (Phi) is 21.0. The van der Waals surface area contributed by atoms with Gasteiger partial charge in [-0.3, -0.25) is 0 Å². The van der Waals surface area contributed by atoms with Crippen molar-refractivity contribution in [2.75, 3.05) is 0 Å². The molecule has 0 atom stereocenters. The average Bonchev–Trinajstić information content (AvgIpc) is 3.29. The van der Waals surface area contributed by atoms with E-state index in [1.165, 1.54) is 82.3 Å². The van der Waals surface area contributed by atoms with Crippen LogP contribution in [0.3, 0.4) is 0 Å². The summed E-state index contributed by atoms with van der Waals surface area (Å²) < 4.78 is 0. The van der Waals surface area contributed by atoms with Crippen LogP contribution in [0.2, 0.25) is 13.1 Å². The maximum Gasteiger partial charge on any atom is 4.00 e. The zero-order chi connectivity index (χ0) is 22.6. The molecule has 183 valence electrons. The van der Waals surface area contributed by atoms with Crippen LogP contribution < -0.4 is 34.0 Å². The second kappa shape index (κ2) is 19.9. The Labute approximate surface area is 251 Å². The molecule has 0 spiro atoms. The molecule has 4 heteroatoms. The first-order chi connectivity index (χ1) is 15.1.